The SMILES string of the molecule is CCCN(CC)c1ccc(CNCC(C)C)c(Br)c1. The van der Waals surface area contributed by atoms with E-state index in [0.29, 0.717) is 5.92 Å². The Hall–Kier alpha value is -0.540. The number of benzene rings is 1. The number of nitrogens with one attached hydrogen (secondary N) is 1. The zero-order chi connectivity index (χ0) is 14.3. The molecule has 3 heteroatoms. The van der Waals surface area contributed by atoms with Gasteiger partial charge in [0.25, 0.3) is 0 Å². The van der Waals surface area contributed by atoms with Crippen molar-refractivity contribution in [3.63, 3.8) is 0 Å². The van der Waals surface area contributed by atoms with Crippen LogP contribution < -0.4 is 10.2 Å². The maximum absolute atomic E-state index is 3.70. The molecule has 0 atom stereocenters. The van der Waals surface area contributed by atoms with Crippen LogP contribution in [0, 0.1) is 5.92 Å². The summed E-state index contributed by atoms with van der Waals surface area (Å²) in [4.78, 5) is 2.41. The summed E-state index contributed by atoms with van der Waals surface area (Å²) in [5.41, 5.74) is 2.64. The largest absolute Gasteiger partial charge is 0.372 e. The number of nitrogens with zero attached hydrogens (tertiary/aromatic N) is 1. The summed E-state index contributed by atoms with van der Waals surface area (Å²) < 4.78 is 1.20. The average molecular weight is 327 g/mol. The number of rotatable bonds is 8. The van der Waals surface area contributed by atoms with Gasteiger partial charge in [-0.05, 0) is 43.5 Å². The summed E-state index contributed by atoms with van der Waals surface area (Å²) in [6, 6.07) is 6.70. The first-order valence-electron chi connectivity index (χ1n) is 7.32. The predicted octanol–water partition coefficient (Wildman–Crippen LogP) is 4.43. The lowest BCUT2D eigenvalue weighted by atomic mass is 10.1. The van der Waals surface area contributed by atoms with Crippen LogP contribution in [0.5, 0.6) is 0 Å². The Bertz CT molecular complexity index is 377. The molecule has 0 unspecified atom stereocenters. The summed E-state index contributed by atoms with van der Waals surface area (Å²) >= 11 is 3.70. The van der Waals surface area contributed by atoms with Gasteiger partial charge in [0.05, 0.1) is 0 Å². The maximum Gasteiger partial charge on any atom is 0.0377 e. The van der Waals surface area contributed by atoms with Gasteiger partial charge < -0.3 is 10.2 Å². The van der Waals surface area contributed by atoms with Crippen molar-refractivity contribution in [2.45, 2.75) is 40.7 Å². The lowest BCUT2D eigenvalue weighted by molar-refractivity contribution is 0.552. The van der Waals surface area contributed by atoms with Gasteiger partial charge >= 0.3 is 0 Å². The third kappa shape index (κ3) is 5.53. The van der Waals surface area contributed by atoms with E-state index in [1.165, 1.54) is 22.1 Å². The second-order valence-electron chi connectivity index (χ2n) is 5.38. The third-order valence-corrected chi connectivity index (χ3v) is 3.88. The van der Waals surface area contributed by atoms with E-state index in [1.807, 2.05) is 0 Å². The van der Waals surface area contributed by atoms with Gasteiger partial charge in [-0.15, -0.1) is 0 Å². The Kier molecular flexibility index (Phi) is 7.47. The molecule has 108 valence electrons. The third-order valence-electron chi connectivity index (χ3n) is 3.15. The summed E-state index contributed by atoms with van der Waals surface area (Å²) in [6.07, 6.45) is 1.18. The Morgan fingerprint density at radius 3 is 2.53 bits per heavy atom. The molecule has 0 aromatic heterocycles. The fraction of sp³-hybridized carbons (Fsp3) is 0.625. The van der Waals surface area contributed by atoms with Crippen molar-refractivity contribution < 1.29 is 0 Å². The molecule has 0 aliphatic carbocycles. The molecule has 0 radical (unpaired) electrons. The minimum absolute atomic E-state index is 0.693. The first-order valence-corrected chi connectivity index (χ1v) is 8.11. The fourth-order valence-corrected chi connectivity index (χ4v) is 2.62. The van der Waals surface area contributed by atoms with E-state index in [-0.39, 0.29) is 0 Å². The molecular weight excluding hydrogens is 300 g/mol. The van der Waals surface area contributed by atoms with E-state index in [0.717, 1.165) is 26.2 Å². The average Bonchev–Trinajstić information content (AvgIpc) is 2.37. The van der Waals surface area contributed by atoms with Gasteiger partial charge in [0.2, 0.25) is 0 Å². The number of halogens is 1. The standard InChI is InChI=1S/C16H27BrN2/c1-5-9-19(6-2)15-8-7-14(16(17)10-15)12-18-11-13(3)4/h7-8,10,13,18H,5-6,9,11-12H2,1-4H3. The van der Waals surface area contributed by atoms with Crippen molar-refractivity contribution in [3.8, 4) is 0 Å². The summed E-state index contributed by atoms with van der Waals surface area (Å²) in [5.74, 6) is 0.693. The normalized spacial score (nSPS) is 11.1. The van der Waals surface area contributed by atoms with E-state index in [4.69, 9.17) is 0 Å². The molecule has 2 nitrogen and oxygen atoms in total. The molecule has 0 amide bonds. The molecule has 0 aliphatic heterocycles. The summed E-state index contributed by atoms with van der Waals surface area (Å²) in [5, 5.41) is 3.49. The second kappa shape index (κ2) is 8.60. The quantitative estimate of drug-likeness (QED) is 0.760. The fourth-order valence-electron chi connectivity index (χ4n) is 2.11. The molecule has 19 heavy (non-hydrogen) atoms. The van der Waals surface area contributed by atoms with Crippen molar-refractivity contribution >= 4 is 21.6 Å². The summed E-state index contributed by atoms with van der Waals surface area (Å²) in [7, 11) is 0. The number of hydrogen-bond acceptors (Lipinski definition) is 2. The van der Waals surface area contributed by atoms with Gasteiger partial charge in [0.15, 0.2) is 0 Å². The van der Waals surface area contributed by atoms with Crippen molar-refractivity contribution in [2.24, 2.45) is 5.92 Å². The number of anilines is 1. The van der Waals surface area contributed by atoms with Gasteiger partial charge in [0.1, 0.15) is 0 Å². The highest BCUT2D eigenvalue weighted by molar-refractivity contribution is 9.10. The molecule has 1 rings (SSSR count). The van der Waals surface area contributed by atoms with Crippen LogP contribution in [-0.2, 0) is 6.54 Å². The molecule has 1 N–H and O–H groups in total. The van der Waals surface area contributed by atoms with Gasteiger partial charge in [-0.25, -0.2) is 0 Å². The molecular formula is C16H27BrN2. The zero-order valence-corrected chi connectivity index (χ0v) is 14.3. The van der Waals surface area contributed by atoms with E-state index < -0.39 is 0 Å². The van der Waals surface area contributed by atoms with Crippen LogP contribution in [0.2, 0.25) is 0 Å². The Morgan fingerprint density at radius 2 is 2.00 bits per heavy atom. The van der Waals surface area contributed by atoms with Gasteiger partial charge in [-0.1, -0.05) is 42.8 Å². The van der Waals surface area contributed by atoms with Crippen LogP contribution in [-0.4, -0.2) is 19.6 Å². The van der Waals surface area contributed by atoms with E-state index in [2.05, 4.69) is 72.0 Å². The lowest BCUT2D eigenvalue weighted by Crippen LogP contribution is -2.23. The highest BCUT2D eigenvalue weighted by Gasteiger charge is 2.06. The smallest absolute Gasteiger partial charge is 0.0377 e. The molecule has 1 aromatic rings. The second-order valence-corrected chi connectivity index (χ2v) is 6.23. The van der Waals surface area contributed by atoms with Crippen LogP contribution in [0.4, 0.5) is 5.69 Å². The van der Waals surface area contributed by atoms with E-state index >= 15 is 0 Å². The van der Waals surface area contributed by atoms with Crippen molar-refractivity contribution in [1.29, 1.82) is 0 Å². The van der Waals surface area contributed by atoms with Crippen LogP contribution in [0.25, 0.3) is 0 Å². The molecule has 0 aliphatic rings. The lowest BCUT2D eigenvalue weighted by Gasteiger charge is -2.23. The monoisotopic (exact) mass is 326 g/mol. The van der Waals surface area contributed by atoms with E-state index in [9.17, 15) is 0 Å². The highest BCUT2D eigenvalue weighted by atomic mass is 79.9. The Balaban J connectivity index is 2.68. The number of hydrogen-bond donors (Lipinski definition) is 1. The molecule has 0 spiro atoms. The molecule has 0 saturated heterocycles. The topological polar surface area (TPSA) is 15.3 Å². The molecule has 0 bridgehead atoms. The van der Waals surface area contributed by atoms with E-state index in [1.54, 1.807) is 0 Å². The highest BCUT2D eigenvalue weighted by Crippen LogP contribution is 2.24. The van der Waals surface area contributed by atoms with Gasteiger partial charge in [-0.2, -0.15) is 0 Å². The molecule has 1 aromatic carbocycles. The molecule has 0 saturated carbocycles. The van der Waals surface area contributed by atoms with Crippen LogP contribution in [0.15, 0.2) is 22.7 Å². The minimum atomic E-state index is 0.693. The predicted molar refractivity (Wildman–Crippen MR) is 88.9 cm³/mol. The van der Waals surface area contributed by atoms with Crippen LogP contribution in [0.3, 0.4) is 0 Å². The minimum Gasteiger partial charge on any atom is -0.372 e. The maximum atomic E-state index is 3.70. The Labute approximate surface area is 126 Å². The Morgan fingerprint density at radius 1 is 1.26 bits per heavy atom. The molecule has 0 fully saturated rings. The van der Waals surface area contributed by atoms with Gasteiger partial charge in [-0.3, -0.25) is 0 Å². The van der Waals surface area contributed by atoms with Crippen molar-refractivity contribution in [3.05, 3.63) is 28.2 Å². The first-order chi connectivity index (χ1) is 9.08. The van der Waals surface area contributed by atoms with Crippen LogP contribution >= 0.6 is 15.9 Å². The molecule has 0 heterocycles. The van der Waals surface area contributed by atoms with Crippen molar-refractivity contribution in [1.82, 2.24) is 5.32 Å². The first kappa shape index (κ1) is 16.5. The van der Waals surface area contributed by atoms with Crippen LogP contribution in [0.1, 0.15) is 39.7 Å². The zero-order valence-electron chi connectivity index (χ0n) is 12.7. The summed E-state index contributed by atoms with van der Waals surface area (Å²) in [6.45, 7) is 13.1. The van der Waals surface area contributed by atoms with Gasteiger partial charge in [0, 0.05) is 29.8 Å². The van der Waals surface area contributed by atoms with Crippen molar-refractivity contribution in [2.75, 3.05) is 24.5 Å².